The summed E-state index contributed by atoms with van der Waals surface area (Å²) in [7, 11) is 0. The zero-order valence-electron chi connectivity index (χ0n) is 12.3. The Morgan fingerprint density at radius 1 is 1.23 bits per heavy atom. The second-order valence-corrected chi connectivity index (χ2v) is 5.27. The van der Waals surface area contributed by atoms with E-state index in [9.17, 15) is 4.79 Å². The number of ether oxygens (including phenoxy) is 1. The largest absolute Gasteiger partial charge is 0.376 e. The van der Waals surface area contributed by atoms with E-state index in [-0.39, 0.29) is 12.0 Å². The zero-order chi connectivity index (χ0) is 15.2. The van der Waals surface area contributed by atoms with Gasteiger partial charge in [-0.1, -0.05) is 18.2 Å². The van der Waals surface area contributed by atoms with Crippen LogP contribution in [0.3, 0.4) is 0 Å². The van der Waals surface area contributed by atoms with Crippen LogP contribution in [0, 0.1) is 0 Å². The van der Waals surface area contributed by atoms with E-state index in [0.29, 0.717) is 11.3 Å². The van der Waals surface area contributed by atoms with E-state index in [0.717, 1.165) is 31.8 Å². The Labute approximate surface area is 129 Å². The Hall–Kier alpha value is -2.40. The molecule has 3 rings (SSSR count). The molecule has 1 aromatic heterocycles. The molecule has 1 saturated heterocycles. The summed E-state index contributed by atoms with van der Waals surface area (Å²) in [6, 6.07) is 12.8. The molecule has 0 aliphatic carbocycles. The van der Waals surface area contributed by atoms with E-state index in [4.69, 9.17) is 4.74 Å². The fraction of sp³-hybridized carbons (Fsp3) is 0.294. The minimum atomic E-state index is -0.137. The van der Waals surface area contributed by atoms with Gasteiger partial charge in [0.05, 0.1) is 18.0 Å². The topological polar surface area (TPSA) is 63.2 Å². The van der Waals surface area contributed by atoms with Gasteiger partial charge >= 0.3 is 0 Å². The van der Waals surface area contributed by atoms with Crippen molar-refractivity contribution in [3.05, 3.63) is 54.2 Å². The fourth-order valence-corrected chi connectivity index (χ4v) is 2.39. The number of rotatable bonds is 5. The van der Waals surface area contributed by atoms with Crippen molar-refractivity contribution in [1.29, 1.82) is 0 Å². The van der Waals surface area contributed by atoms with Crippen LogP contribution in [0.15, 0.2) is 48.7 Å². The molecule has 0 bridgehead atoms. The summed E-state index contributed by atoms with van der Waals surface area (Å²) in [4.78, 5) is 16.3. The molecule has 0 spiro atoms. The Bertz CT molecular complexity index is 608. The number of carbonyl (C=O) groups excluding carboxylic acids is 1. The molecular formula is C17H19N3O2. The average molecular weight is 297 g/mol. The first-order valence-electron chi connectivity index (χ1n) is 7.49. The summed E-state index contributed by atoms with van der Waals surface area (Å²) in [5.74, 6) is 0.649. The van der Waals surface area contributed by atoms with Crippen LogP contribution < -0.4 is 10.6 Å². The summed E-state index contributed by atoms with van der Waals surface area (Å²) in [6.45, 7) is 1.62. The van der Waals surface area contributed by atoms with Gasteiger partial charge in [-0.05, 0) is 37.1 Å². The molecule has 2 aromatic rings. The first-order valence-corrected chi connectivity index (χ1v) is 7.49. The number of nitrogens with one attached hydrogen (secondary N) is 2. The van der Waals surface area contributed by atoms with Crippen molar-refractivity contribution in [3.8, 4) is 0 Å². The highest BCUT2D eigenvalue weighted by Crippen LogP contribution is 2.14. The number of aromatic nitrogens is 1. The molecule has 1 atom stereocenters. The lowest BCUT2D eigenvalue weighted by Crippen LogP contribution is -2.19. The number of carbonyl (C=O) groups is 1. The first kappa shape index (κ1) is 14.5. The number of hydrogen-bond donors (Lipinski definition) is 2. The highest BCUT2D eigenvalue weighted by atomic mass is 16.5. The summed E-state index contributed by atoms with van der Waals surface area (Å²) in [5.41, 5.74) is 1.31. The number of pyridine rings is 1. The van der Waals surface area contributed by atoms with Crippen LogP contribution in [0.25, 0.3) is 0 Å². The standard InChI is InChI=1S/C17H19N3O2/c21-17(13-5-2-1-3-6-13)20-14-8-9-16(18-11-14)19-12-15-7-4-10-22-15/h1-3,5-6,8-9,11,15H,4,7,10,12H2,(H,18,19)(H,20,21). The molecule has 2 N–H and O–H groups in total. The van der Waals surface area contributed by atoms with Crippen molar-refractivity contribution in [2.75, 3.05) is 23.8 Å². The van der Waals surface area contributed by atoms with Gasteiger partial charge in [-0.15, -0.1) is 0 Å². The summed E-state index contributed by atoms with van der Waals surface area (Å²) >= 11 is 0. The monoisotopic (exact) mass is 297 g/mol. The molecule has 22 heavy (non-hydrogen) atoms. The molecule has 1 aliphatic rings. The van der Waals surface area contributed by atoms with Crippen LogP contribution in [0.5, 0.6) is 0 Å². The third-order valence-corrected chi connectivity index (χ3v) is 3.59. The Morgan fingerprint density at radius 2 is 2.09 bits per heavy atom. The van der Waals surface area contributed by atoms with E-state index >= 15 is 0 Å². The normalized spacial score (nSPS) is 17.2. The zero-order valence-corrected chi connectivity index (χ0v) is 12.3. The van der Waals surface area contributed by atoms with Gasteiger partial charge in [-0.25, -0.2) is 4.98 Å². The van der Waals surface area contributed by atoms with Crippen LogP contribution in [0.1, 0.15) is 23.2 Å². The first-order chi connectivity index (χ1) is 10.8. The molecule has 114 valence electrons. The molecule has 0 saturated carbocycles. The Morgan fingerprint density at radius 3 is 2.77 bits per heavy atom. The van der Waals surface area contributed by atoms with Gasteiger partial charge in [0.25, 0.3) is 5.91 Å². The summed E-state index contributed by atoms with van der Waals surface area (Å²) in [5, 5.41) is 6.08. The van der Waals surface area contributed by atoms with Gasteiger partial charge in [0.2, 0.25) is 0 Å². The Balaban J connectivity index is 1.53. The van der Waals surface area contributed by atoms with Crippen molar-refractivity contribution in [2.24, 2.45) is 0 Å². The van der Waals surface area contributed by atoms with E-state index in [1.807, 2.05) is 30.3 Å². The van der Waals surface area contributed by atoms with Crippen molar-refractivity contribution in [3.63, 3.8) is 0 Å². The van der Waals surface area contributed by atoms with E-state index < -0.39 is 0 Å². The molecular weight excluding hydrogens is 278 g/mol. The van der Waals surface area contributed by atoms with Gasteiger partial charge in [-0.3, -0.25) is 4.79 Å². The van der Waals surface area contributed by atoms with Gasteiger partial charge in [0.15, 0.2) is 0 Å². The quantitative estimate of drug-likeness (QED) is 0.890. The average Bonchev–Trinajstić information content (AvgIpc) is 3.08. The predicted molar refractivity (Wildman–Crippen MR) is 86.1 cm³/mol. The SMILES string of the molecule is O=C(Nc1ccc(NCC2CCCO2)nc1)c1ccccc1. The minimum absolute atomic E-state index is 0.137. The molecule has 1 unspecified atom stereocenters. The van der Waals surface area contributed by atoms with E-state index in [1.54, 1.807) is 18.3 Å². The summed E-state index contributed by atoms with van der Waals surface area (Å²) < 4.78 is 5.55. The second-order valence-electron chi connectivity index (χ2n) is 5.27. The second kappa shape index (κ2) is 7.04. The molecule has 2 heterocycles. The summed E-state index contributed by atoms with van der Waals surface area (Å²) in [6.07, 6.45) is 4.15. The van der Waals surface area contributed by atoms with Gasteiger partial charge in [0.1, 0.15) is 5.82 Å². The molecule has 5 nitrogen and oxygen atoms in total. The smallest absolute Gasteiger partial charge is 0.255 e. The lowest BCUT2D eigenvalue weighted by Gasteiger charge is -2.11. The van der Waals surface area contributed by atoms with Crippen LogP contribution in [-0.4, -0.2) is 30.1 Å². The molecule has 1 aromatic carbocycles. The maximum atomic E-state index is 12.0. The number of hydrogen-bond acceptors (Lipinski definition) is 4. The number of benzene rings is 1. The van der Waals surface area contributed by atoms with Gasteiger partial charge in [-0.2, -0.15) is 0 Å². The Kier molecular flexibility index (Phi) is 4.65. The number of nitrogens with zero attached hydrogens (tertiary/aromatic N) is 1. The lowest BCUT2D eigenvalue weighted by molar-refractivity contribution is 0.102. The molecule has 1 aliphatic heterocycles. The third-order valence-electron chi connectivity index (χ3n) is 3.59. The number of amides is 1. The van der Waals surface area contributed by atoms with Crippen LogP contribution in [-0.2, 0) is 4.74 Å². The molecule has 1 fully saturated rings. The van der Waals surface area contributed by atoms with Crippen molar-refractivity contribution >= 4 is 17.4 Å². The van der Waals surface area contributed by atoms with Crippen molar-refractivity contribution in [1.82, 2.24) is 4.98 Å². The van der Waals surface area contributed by atoms with E-state index in [1.165, 1.54) is 0 Å². The fourth-order valence-electron chi connectivity index (χ4n) is 2.39. The third kappa shape index (κ3) is 3.83. The van der Waals surface area contributed by atoms with Gasteiger partial charge in [0, 0.05) is 18.7 Å². The van der Waals surface area contributed by atoms with Crippen molar-refractivity contribution in [2.45, 2.75) is 18.9 Å². The highest BCUT2D eigenvalue weighted by molar-refractivity contribution is 6.04. The lowest BCUT2D eigenvalue weighted by atomic mass is 10.2. The van der Waals surface area contributed by atoms with Crippen LogP contribution >= 0.6 is 0 Å². The number of anilines is 2. The van der Waals surface area contributed by atoms with Crippen molar-refractivity contribution < 1.29 is 9.53 Å². The van der Waals surface area contributed by atoms with E-state index in [2.05, 4.69) is 15.6 Å². The predicted octanol–water partition coefficient (Wildman–Crippen LogP) is 2.92. The maximum Gasteiger partial charge on any atom is 0.255 e. The molecule has 0 radical (unpaired) electrons. The van der Waals surface area contributed by atoms with Crippen LogP contribution in [0.4, 0.5) is 11.5 Å². The highest BCUT2D eigenvalue weighted by Gasteiger charge is 2.14. The molecule has 1 amide bonds. The maximum absolute atomic E-state index is 12.0. The minimum Gasteiger partial charge on any atom is -0.376 e. The van der Waals surface area contributed by atoms with Crippen LogP contribution in [0.2, 0.25) is 0 Å². The molecule has 5 heteroatoms. The van der Waals surface area contributed by atoms with Gasteiger partial charge < -0.3 is 15.4 Å².